The van der Waals surface area contributed by atoms with Crippen LogP contribution in [0.5, 0.6) is 11.5 Å². The number of nitrogens with one attached hydrogen (secondary N) is 2. The standard InChI is InChI=1S/C15H17N3O4/c1-3-10-13(9(2)22-18-10)17-15(19)16-11-5-4-6-12-14(11)21-8-7-20-12/h4-6H,3,7-8H2,1-2H3,(H2,16,17,19). The normalized spacial score (nSPS) is 12.8. The molecule has 7 heteroatoms. The number of carbonyl (C=O) groups excluding carboxylic acids is 1. The molecule has 7 nitrogen and oxygen atoms in total. The molecule has 0 saturated heterocycles. The van der Waals surface area contributed by atoms with Crippen molar-refractivity contribution in [2.45, 2.75) is 20.3 Å². The lowest BCUT2D eigenvalue weighted by atomic mass is 10.2. The summed E-state index contributed by atoms with van der Waals surface area (Å²) in [5.74, 6) is 1.74. The molecule has 2 amide bonds. The molecule has 1 aromatic heterocycles. The van der Waals surface area contributed by atoms with E-state index < -0.39 is 0 Å². The molecule has 1 aromatic carbocycles. The number of carbonyl (C=O) groups is 1. The van der Waals surface area contributed by atoms with Crippen LogP contribution in [-0.4, -0.2) is 24.4 Å². The van der Waals surface area contributed by atoms with Crippen molar-refractivity contribution in [2.24, 2.45) is 0 Å². The Kier molecular flexibility index (Phi) is 3.86. The maximum Gasteiger partial charge on any atom is 0.323 e. The lowest BCUT2D eigenvalue weighted by Gasteiger charge is -2.21. The SMILES string of the molecule is CCc1noc(C)c1NC(=O)Nc1cccc2c1OCCO2. The Balaban J connectivity index is 1.76. The highest BCUT2D eigenvalue weighted by molar-refractivity contribution is 6.01. The van der Waals surface area contributed by atoms with Gasteiger partial charge in [0.2, 0.25) is 0 Å². The van der Waals surface area contributed by atoms with Gasteiger partial charge in [-0.25, -0.2) is 4.79 Å². The maximum atomic E-state index is 12.2. The van der Waals surface area contributed by atoms with Crippen LogP contribution in [0.1, 0.15) is 18.4 Å². The molecular formula is C15H17N3O4. The van der Waals surface area contributed by atoms with E-state index in [1.165, 1.54) is 0 Å². The van der Waals surface area contributed by atoms with Crippen LogP contribution in [-0.2, 0) is 6.42 Å². The fourth-order valence-electron chi connectivity index (χ4n) is 2.26. The lowest BCUT2D eigenvalue weighted by Crippen LogP contribution is -2.22. The van der Waals surface area contributed by atoms with Crippen LogP contribution in [0.4, 0.5) is 16.2 Å². The van der Waals surface area contributed by atoms with E-state index >= 15 is 0 Å². The monoisotopic (exact) mass is 303 g/mol. The first kappa shape index (κ1) is 14.2. The number of fused-ring (bicyclic) bond motifs is 1. The van der Waals surface area contributed by atoms with Crippen LogP contribution in [0.25, 0.3) is 0 Å². The van der Waals surface area contributed by atoms with Crippen molar-refractivity contribution < 1.29 is 18.8 Å². The van der Waals surface area contributed by atoms with E-state index in [0.29, 0.717) is 54.0 Å². The van der Waals surface area contributed by atoms with Gasteiger partial charge < -0.3 is 24.6 Å². The van der Waals surface area contributed by atoms with Crippen molar-refractivity contribution in [3.05, 3.63) is 29.7 Å². The molecule has 2 N–H and O–H groups in total. The molecule has 0 spiro atoms. The first-order valence-corrected chi connectivity index (χ1v) is 7.10. The third kappa shape index (κ3) is 2.69. The van der Waals surface area contributed by atoms with E-state index in [1.807, 2.05) is 6.92 Å². The van der Waals surface area contributed by atoms with Gasteiger partial charge in [0, 0.05) is 0 Å². The Morgan fingerprint density at radius 2 is 2.09 bits per heavy atom. The summed E-state index contributed by atoms with van der Waals surface area (Å²) in [5, 5.41) is 9.43. The number of aromatic nitrogens is 1. The van der Waals surface area contributed by atoms with Gasteiger partial charge in [-0.2, -0.15) is 0 Å². The van der Waals surface area contributed by atoms with E-state index in [2.05, 4.69) is 15.8 Å². The van der Waals surface area contributed by atoms with Gasteiger partial charge >= 0.3 is 6.03 Å². The fourth-order valence-corrected chi connectivity index (χ4v) is 2.26. The summed E-state index contributed by atoms with van der Waals surface area (Å²) in [4.78, 5) is 12.2. The number of hydrogen-bond acceptors (Lipinski definition) is 5. The van der Waals surface area contributed by atoms with Crippen molar-refractivity contribution >= 4 is 17.4 Å². The smallest absolute Gasteiger partial charge is 0.323 e. The molecule has 1 aliphatic rings. The highest BCUT2D eigenvalue weighted by Crippen LogP contribution is 2.37. The molecule has 0 unspecified atom stereocenters. The number of amides is 2. The Morgan fingerprint density at radius 3 is 2.91 bits per heavy atom. The van der Waals surface area contributed by atoms with Gasteiger partial charge in [0.05, 0.1) is 5.69 Å². The highest BCUT2D eigenvalue weighted by atomic mass is 16.6. The van der Waals surface area contributed by atoms with Crippen LogP contribution in [0.15, 0.2) is 22.7 Å². The van der Waals surface area contributed by atoms with E-state index in [-0.39, 0.29) is 6.03 Å². The summed E-state index contributed by atoms with van der Waals surface area (Å²) < 4.78 is 16.1. The minimum Gasteiger partial charge on any atom is -0.486 e. The number of ether oxygens (including phenoxy) is 2. The summed E-state index contributed by atoms with van der Waals surface area (Å²) in [6.07, 6.45) is 0.671. The van der Waals surface area contributed by atoms with E-state index in [4.69, 9.17) is 14.0 Å². The number of anilines is 2. The van der Waals surface area contributed by atoms with Crippen LogP contribution in [0.3, 0.4) is 0 Å². The molecule has 1 aliphatic heterocycles. The topological polar surface area (TPSA) is 85.6 Å². The molecule has 0 fully saturated rings. The highest BCUT2D eigenvalue weighted by Gasteiger charge is 2.19. The van der Waals surface area contributed by atoms with Crippen molar-refractivity contribution in [2.75, 3.05) is 23.8 Å². The molecule has 0 saturated carbocycles. The molecule has 0 aliphatic carbocycles. The van der Waals surface area contributed by atoms with Gasteiger partial charge in [-0.1, -0.05) is 18.1 Å². The Hall–Kier alpha value is -2.70. The maximum absolute atomic E-state index is 12.2. The number of para-hydroxylation sites is 1. The fraction of sp³-hybridized carbons (Fsp3) is 0.333. The number of benzene rings is 1. The van der Waals surface area contributed by atoms with E-state index in [9.17, 15) is 4.79 Å². The first-order chi connectivity index (χ1) is 10.7. The van der Waals surface area contributed by atoms with Crippen LogP contribution in [0.2, 0.25) is 0 Å². The third-order valence-electron chi connectivity index (χ3n) is 3.32. The second-order valence-electron chi connectivity index (χ2n) is 4.82. The lowest BCUT2D eigenvalue weighted by molar-refractivity contribution is 0.172. The average molecular weight is 303 g/mol. The second-order valence-corrected chi connectivity index (χ2v) is 4.82. The summed E-state index contributed by atoms with van der Waals surface area (Å²) in [5.41, 5.74) is 1.87. The minimum absolute atomic E-state index is 0.386. The van der Waals surface area contributed by atoms with Gasteiger partial charge in [0.1, 0.15) is 24.6 Å². The predicted octanol–water partition coefficient (Wildman–Crippen LogP) is 2.96. The van der Waals surface area contributed by atoms with Crippen molar-refractivity contribution in [1.82, 2.24) is 5.16 Å². The molecule has 22 heavy (non-hydrogen) atoms. The minimum atomic E-state index is -0.386. The molecular weight excluding hydrogens is 286 g/mol. The van der Waals surface area contributed by atoms with Crippen molar-refractivity contribution in [3.63, 3.8) is 0 Å². The van der Waals surface area contributed by atoms with Crippen LogP contribution >= 0.6 is 0 Å². The van der Waals surface area contributed by atoms with E-state index in [0.717, 1.165) is 0 Å². The zero-order valence-electron chi connectivity index (χ0n) is 12.4. The molecule has 2 heterocycles. The van der Waals surface area contributed by atoms with Gasteiger partial charge in [-0.3, -0.25) is 0 Å². The van der Waals surface area contributed by atoms with Crippen LogP contribution < -0.4 is 20.1 Å². The third-order valence-corrected chi connectivity index (χ3v) is 3.32. The predicted molar refractivity (Wildman–Crippen MR) is 80.7 cm³/mol. The first-order valence-electron chi connectivity index (χ1n) is 7.10. The van der Waals surface area contributed by atoms with Gasteiger partial charge in [-0.05, 0) is 25.5 Å². The zero-order chi connectivity index (χ0) is 15.5. The number of urea groups is 1. The largest absolute Gasteiger partial charge is 0.486 e. The molecule has 3 rings (SSSR count). The molecule has 2 aromatic rings. The van der Waals surface area contributed by atoms with E-state index in [1.54, 1.807) is 25.1 Å². The molecule has 0 bridgehead atoms. The number of hydrogen-bond donors (Lipinski definition) is 2. The van der Waals surface area contributed by atoms with Gasteiger partial charge in [-0.15, -0.1) is 0 Å². The van der Waals surface area contributed by atoms with Gasteiger partial charge in [0.15, 0.2) is 17.3 Å². The summed E-state index contributed by atoms with van der Waals surface area (Å²) in [7, 11) is 0. The van der Waals surface area contributed by atoms with Gasteiger partial charge in [0.25, 0.3) is 0 Å². The Labute approximate surface area is 127 Å². The number of nitrogens with zero attached hydrogens (tertiary/aromatic N) is 1. The summed E-state index contributed by atoms with van der Waals surface area (Å²) >= 11 is 0. The van der Waals surface area contributed by atoms with Crippen LogP contribution in [0, 0.1) is 6.92 Å². The summed E-state index contributed by atoms with van der Waals surface area (Å²) in [6.45, 7) is 4.66. The number of rotatable bonds is 3. The van der Waals surface area contributed by atoms with Crippen molar-refractivity contribution in [3.8, 4) is 11.5 Å². The quantitative estimate of drug-likeness (QED) is 0.910. The number of aryl methyl sites for hydroxylation is 2. The Morgan fingerprint density at radius 1 is 1.27 bits per heavy atom. The summed E-state index contributed by atoms with van der Waals surface area (Å²) in [6, 6.07) is 4.97. The molecule has 0 atom stereocenters. The average Bonchev–Trinajstić information content (AvgIpc) is 2.88. The second kappa shape index (κ2) is 5.97. The molecule has 116 valence electrons. The van der Waals surface area contributed by atoms with Crippen molar-refractivity contribution in [1.29, 1.82) is 0 Å². The zero-order valence-corrected chi connectivity index (χ0v) is 12.4. The Bertz CT molecular complexity index is 696. The molecule has 0 radical (unpaired) electrons.